The van der Waals surface area contributed by atoms with Gasteiger partial charge in [0.05, 0.1) is 21.0 Å². The van der Waals surface area contributed by atoms with Gasteiger partial charge >= 0.3 is 0 Å². The first-order valence-electron chi connectivity index (χ1n) is 15.9. The second-order valence-corrected chi connectivity index (χ2v) is 14.2. The Morgan fingerprint density at radius 3 is 1.68 bits per heavy atom. The molecule has 258 valence electrons. The predicted octanol–water partition coefficient (Wildman–Crippen LogP) is 7.39. The van der Waals surface area contributed by atoms with Gasteiger partial charge in [-0.15, -0.1) is 0 Å². The maximum Gasteiger partial charge on any atom is 0.294 e. The fourth-order valence-corrected chi connectivity index (χ4v) is 6.56. The number of nitrogens with two attached hydrogens (primary N) is 1. The van der Waals surface area contributed by atoms with Gasteiger partial charge in [0.2, 0.25) is 0 Å². The van der Waals surface area contributed by atoms with Crippen molar-refractivity contribution in [1.29, 1.82) is 0 Å². The van der Waals surface area contributed by atoms with Crippen molar-refractivity contribution in [2.24, 2.45) is 5.73 Å². The van der Waals surface area contributed by atoms with E-state index < -0.39 is 20.2 Å². The normalized spacial score (nSPS) is 11.4. The van der Waals surface area contributed by atoms with Crippen molar-refractivity contribution in [3.05, 3.63) is 145 Å². The molecule has 0 saturated heterocycles. The lowest BCUT2D eigenvalue weighted by molar-refractivity contribution is 0.481. The summed E-state index contributed by atoms with van der Waals surface area (Å²) in [6.45, 7) is 3.81. The summed E-state index contributed by atoms with van der Waals surface area (Å²) in [5.41, 5.74) is 9.44. The average Bonchev–Trinajstić information content (AvgIpc) is 3.48. The largest absolute Gasteiger partial charge is 0.330 e. The summed E-state index contributed by atoms with van der Waals surface area (Å²) in [5, 5.41) is 7.05. The summed E-state index contributed by atoms with van der Waals surface area (Å²) in [7, 11) is -8.19. The molecular weight excluding hydrogens is 673 g/mol. The van der Waals surface area contributed by atoms with Crippen molar-refractivity contribution in [1.82, 2.24) is 9.66 Å². The molecule has 0 radical (unpaired) electrons. The van der Waals surface area contributed by atoms with E-state index >= 15 is 0 Å². The maximum atomic E-state index is 10.8. The second kappa shape index (κ2) is 16.1. The highest BCUT2D eigenvalue weighted by Crippen LogP contribution is 2.26. The Kier molecular flexibility index (Phi) is 11.6. The van der Waals surface area contributed by atoms with Gasteiger partial charge in [0, 0.05) is 30.5 Å². The molecule has 0 bridgehead atoms. The van der Waals surface area contributed by atoms with E-state index in [4.69, 9.17) is 14.8 Å². The number of benzene rings is 5. The van der Waals surface area contributed by atoms with Gasteiger partial charge in [0.25, 0.3) is 20.2 Å². The quantitative estimate of drug-likeness (QED) is 0.137. The molecule has 2 aromatic heterocycles. The van der Waals surface area contributed by atoms with Crippen LogP contribution in [-0.4, -0.2) is 48.7 Å². The summed E-state index contributed by atoms with van der Waals surface area (Å²) in [5.74, 6) is 0. The Bertz CT molecular complexity index is 2330. The summed E-state index contributed by atoms with van der Waals surface area (Å²) in [6, 6.07) is 36.3. The number of hydrogen-bond donors (Lipinski definition) is 3. The van der Waals surface area contributed by atoms with Gasteiger partial charge in [-0.2, -0.15) is 16.8 Å². The van der Waals surface area contributed by atoms with Gasteiger partial charge in [-0.3, -0.25) is 23.8 Å². The van der Waals surface area contributed by atoms with Crippen LogP contribution >= 0.6 is 0 Å². The van der Waals surface area contributed by atoms with Crippen molar-refractivity contribution in [3.63, 3.8) is 0 Å². The molecule has 0 aliphatic rings. The molecule has 0 aliphatic carbocycles. The van der Waals surface area contributed by atoms with Crippen LogP contribution in [-0.2, 0) is 26.7 Å². The molecule has 4 N–H and O–H groups in total. The van der Waals surface area contributed by atoms with E-state index in [9.17, 15) is 16.8 Å². The van der Waals surface area contributed by atoms with Gasteiger partial charge in [-0.1, -0.05) is 85.8 Å². The van der Waals surface area contributed by atoms with Crippen molar-refractivity contribution in [2.45, 2.75) is 29.6 Å². The molecule has 0 fully saturated rings. The molecule has 2 heterocycles. The molecule has 0 aliphatic heterocycles. The number of hydrogen-bond acceptors (Lipinski definition) is 7. The predicted molar refractivity (Wildman–Crippen MR) is 199 cm³/mol. The number of para-hydroxylation sites is 1. The fraction of sp³-hybridized carbons (Fsp3) is 0.132. The Morgan fingerprint density at radius 2 is 1.18 bits per heavy atom. The topological polar surface area (TPSA) is 156 Å². The minimum absolute atomic E-state index is 0.0730. The van der Waals surface area contributed by atoms with E-state index in [1.165, 1.54) is 40.7 Å². The van der Waals surface area contributed by atoms with Crippen LogP contribution in [0.3, 0.4) is 0 Å². The Labute approximate surface area is 291 Å². The molecule has 0 saturated carbocycles. The van der Waals surface area contributed by atoms with Gasteiger partial charge < -0.3 is 5.73 Å². The highest BCUT2D eigenvalue weighted by molar-refractivity contribution is 7.86. The van der Waals surface area contributed by atoms with Crippen LogP contribution in [0.1, 0.15) is 18.9 Å². The molecule has 0 spiro atoms. The molecule has 0 amide bonds. The number of pyridine rings is 1. The standard InChI is InChI=1S/C18H22N4.2C10H8O3S/c1-2-13-21(16-8-11-20-12-9-16)22-14-15(7-10-19)17-5-3-4-6-18(17)22;2*11-14(12,13)10-6-5-8-3-1-2-4-9(8)7-10/h3-6,8-9,11-12,14H,2,7,10,13,19H2,1H3;2*1-7H,(H,11,12,13). The van der Waals surface area contributed by atoms with E-state index in [-0.39, 0.29) is 9.79 Å². The molecule has 0 atom stereocenters. The molecule has 0 unspecified atom stereocenters. The molecular formula is C38H38N4O6S2. The zero-order valence-electron chi connectivity index (χ0n) is 27.4. The molecule has 10 nitrogen and oxygen atoms in total. The van der Waals surface area contributed by atoms with Crippen LogP contribution in [0.2, 0.25) is 0 Å². The third-order valence-electron chi connectivity index (χ3n) is 7.88. The van der Waals surface area contributed by atoms with E-state index in [2.05, 4.69) is 52.1 Å². The maximum absolute atomic E-state index is 10.8. The van der Waals surface area contributed by atoms with Gasteiger partial charge in [0.1, 0.15) is 0 Å². The Morgan fingerprint density at radius 1 is 0.680 bits per heavy atom. The van der Waals surface area contributed by atoms with Crippen molar-refractivity contribution in [2.75, 3.05) is 18.1 Å². The minimum Gasteiger partial charge on any atom is -0.330 e. The van der Waals surface area contributed by atoms with Crippen LogP contribution < -0.4 is 10.7 Å². The number of nitrogens with zero attached hydrogens (tertiary/aromatic N) is 3. The lowest BCUT2D eigenvalue weighted by Gasteiger charge is -2.26. The minimum atomic E-state index is -4.09. The average molecular weight is 711 g/mol. The summed E-state index contributed by atoms with van der Waals surface area (Å²) < 4.78 is 63.2. The Hall–Kier alpha value is -5.11. The lowest BCUT2D eigenvalue weighted by atomic mass is 10.1. The molecule has 12 heteroatoms. The number of fused-ring (bicyclic) bond motifs is 3. The van der Waals surface area contributed by atoms with E-state index in [0.717, 1.165) is 46.6 Å². The summed E-state index contributed by atoms with van der Waals surface area (Å²) in [6.07, 6.45) is 7.85. The van der Waals surface area contributed by atoms with Crippen LogP contribution in [0.5, 0.6) is 0 Å². The molecule has 7 rings (SSSR count). The third kappa shape index (κ3) is 8.91. The van der Waals surface area contributed by atoms with Crippen LogP contribution in [0, 0.1) is 0 Å². The molecule has 50 heavy (non-hydrogen) atoms. The zero-order chi connectivity index (χ0) is 35.7. The SMILES string of the molecule is CCCN(c1ccncc1)n1cc(CCN)c2ccccc21.O=S(=O)(O)c1ccc2ccccc2c1.O=S(=O)(O)c1ccc2ccccc2c1. The second-order valence-electron chi connectivity index (χ2n) is 11.4. The molecule has 7 aromatic rings. The van der Waals surface area contributed by atoms with Crippen LogP contribution in [0.25, 0.3) is 32.4 Å². The van der Waals surface area contributed by atoms with Gasteiger partial charge in [-0.05, 0) is 89.0 Å². The van der Waals surface area contributed by atoms with E-state index in [1.54, 1.807) is 24.3 Å². The highest BCUT2D eigenvalue weighted by atomic mass is 32.2. The molecule has 5 aromatic carbocycles. The monoisotopic (exact) mass is 710 g/mol. The number of anilines is 1. The van der Waals surface area contributed by atoms with Crippen LogP contribution in [0.15, 0.2) is 150 Å². The van der Waals surface area contributed by atoms with Crippen molar-refractivity contribution in [3.8, 4) is 0 Å². The summed E-state index contributed by atoms with van der Waals surface area (Å²) in [4.78, 5) is 3.98. The smallest absolute Gasteiger partial charge is 0.294 e. The van der Waals surface area contributed by atoms with Crippen molar-refractivity contribution < 1.29 is 25.9 Å². The van der Waals surface area contributed by atoms with E-state index in [1.807, 2.05) is 60.9 Å². The number of aromatic nitrogens is 2. The van der Waals surface area contributed by atoms with E-state index in [0.29, 0.717) is 6.54 Å². The Balaban J connectivity index is 0.000000152. The van der Waals surface area contributed by atoms with Crippen LogP contribution in [0.4, 0.5) is 5.69 Å². The number of rotatable bonds is 8. The van der Waals surface area contributed by atoms with Gasteiger partial charge in [0.15, 0.2) is 0 Å². The fourth-order valence-electron chi connectivity index (χ4n) is 5.53. The first-order valence-corrected chi connectivity index (χ1v) is 18.8. The summed E-state index contributed by atoms with van der Waals surface area (Å²) >= 11 is 0. The first kappa shape index (κ1) is 36.2. The van der Waals surface area contributed by atoms with Crippen molar-refractivity contribution >= 4 is 58.4 Å². The van der Waals surface area contributed by atoms with Gasteiger partial charge in [-0.25, -0.2) is 0 Å². The first-order chi connectivity index (χ1) is 24.0. The highest BCUT2D eigenvalue weighted by Gasteiger charge is 2.14. The third-order valence-corrected chi connectivity index (χ3v) is 9.58. The lowest BCUT2D eigenvalue weighted by Crippen LogP contribution is -2.29. The zero-order valence-corrected chi connectivity index (χ0v) is 29.0.